The predicted octanol–water partition coefficient (Wildman–Crippen LogP) is 5.14. The number of hydrogen-bond acceptors (Lipinski definition) is 5. The van der Waals surface area contributed by atoms with Crippen LogP contribution in [0.3, 0.4) is 0 Å². The Bertz CT molecular complexity index is 613. The lowest BCUT2D eigenvalue weighted by molar-refractivity contribution is 0.415. The van der Waals surface area contributed by atoms with E-state index >= 15 is 0 Å². The van der Waals surface area contributed by atoms with Crippen molar-refractivity contribution >= 4 is 56.1 Å². The molecule has 110 valence electrons. The van der Waals surface area contributed by atoms with Gasteiger partial charge in [-0.25, -0.2) is 0 Å². The van der Waals surface area contributed by atoms with Crippen LogP contribution in [0, 0.1) is 0 Å². The van der Waals surface area contributed by atoms with Gasteiger partial charge in [-0.15, -0.1) is 0 Å². The maximum Gasteiger partial charge on any atom is 0.231 e. The minimum absolute atomic E-state index is 0.214. The molecule has 1 aliphatic heterocycles. The Balaban J connectivity index is 1.70. The minimum atomic E-state index is -1.40. The predicted molar refractivity (Wildman–Crippen MR) is 103 cm³/mol. The van der Waals surface area contributed by atoms with Crippen LogP contribution in [0.2, 0.25) is 0 Å². The van der Waals surface area contributed by atoms with Gasteiger partial charge in [0.15, 0.2) is 0 Å². The van der Waals surface area contributed by atoms with E-state index in [9.17, 15) is 0 Å². The third-order valence-corrected chi connectivity index (χ3v) is 28.7. The summed E-state index contributed by atoms with van der Waals surface area (Å²) in [5, 5.41) is 2.72. The molecule has 0 aromatic heterocycles. The molecule has 0 atom stereocenters. The van der Waals surface area contributed by atoms with E-state index in [1.807, 2.05) is 46.3 Å². The molecule has 0 N–H and O–H groups in total. The fraction of sp³-hybridized carbons (Fsp3) is 0.143. The van der Waals surface area contributed by atoms with Crippen molar-refractivity contribution in [2.45, 2.75) is 0 Å². The number of benzene rings is 2. The highest BCUT2D eigenvalue weighted by atomic mass is 33.7. The lowest BCUT2D eigenvalue weighted by Crippen LogP contribution is -2.08. The largest absolute Gasteiger partial charge is 0.497 e. The fourth-order valence-corrected chi connectivity index (χ4v) is 28.7. The number of hydrogen-bond donors (Lipinski definition) is 1. The maximum absolute atomic E-state index is 5.21. The molecule has 0 radical (unpaired) electrons. The first-order valence-electron chi connectivity index (χ1n) is 6.24. The van der Waals surface area contributed by atoms with Gasteiger partial charge in [-0.2, -0.15) is 0 Å². The molecule has 1 fully saturated rings. The van der Waals surface area contributed by atoms with Gasteiger partial charge < -0.3 is 9.47 Å². The Kier molecular flexibility index (Phi) is 4.97. The van der Waals surface area contributed by atoms with E-state index < -0.39 is 4.87 Å². The van der Waals surface area contributed by atoms with Crippen LogP contribution in [0.15, 0.2) is 48.5 Å². The molecule has 0 bridgehead atoms. The second-order valence-corrected chi connectivity index (χ2v) is 21.5. The van der Waals surface area contributed by atoms with Gasteiger partial charge in [0, 0.05) is 17.6 Å². The molecule has 0 amide bonds. The van der Waals surface area contributed by atoms with E-state index in [1.54, 1.807) is 14.2 Å². The van der Waals surface area contributed by atoms with Crippen LogP contribution in [0.4, 0.5) is 0 Å². The summed E-state index contributed by atoms with van der Waals surface area (Å²) in [6, 6.07) is 16.7. The number of rotatable bonds is 4. The van der Waals surface area contributed by atoms with Crippen LogP contribution in [-0.4, -0.2) is 14.2 Å². The Morgan fingerprint density at radius 1 is 0.857 bits per heavy atom. The second-order valence-electron chi connectivity index (χ2n) is 4.34. The lowest BCUT2D eigenvalue weighted by atomic mass is 10.3. The van der Waals surface area contributed by atoms with Crippen molar-refractivity contribution in [3.63, 3.8) is 0 Å². The zero-order chi connectivity index (χ0) is 14.9. The lowest BCUT2D eigenvalue weighted by Gasteiger charge is -2.31. The van der Waals surface area contributed by atoms with Crippen molar-refractivity contribution in [3.8, 4) is 11.5 Å². The topological polar surface area (TPSA) is 18.5 Å². The van der Waals surface area contributed by atoms with Gasteiger partial charge in [0.1, 0.15) is 23.1 Å². The molecule has 2 nitrogen and oxygen atoms in total. The molecule has 0 spiro atoms. The summed E-state index contributed by atoms with van der Waals surface area (Å²) in [6.07, 6.45) is -0.214. The third-order valence-electron chi connectivity index (χ3n) is 3.05. The Morgan fingerprint density at radius 2 is 1.33 bits per heavy atom. The Morgan fingerprint density at radius 3 is 1.81 bits per heavy atom. The Hall–Kier alpha value is -0.0500. The third kappa shape index (κ3) is 3.33. The first kappa shape index (κ1) is 15.8. The van der Waals surface area contributed by atoms with Crippen molar-refractivity contribution in [2.75, 3.05) is 14.2 Å². The van der Waals surface area contributed by atoms with Crippen LogP contribution in [0.5, 0.6) is 11.5 Å². The van der Waals surface area contributed by atoms with Gasteiger partial charge in [0.05, 0.1) is 36.2 Å². The van der Waals surface area contributed by atoms with Crippen LogP contribution < -0.4 is 20.1 Å². The molecule has 0 aliphatic carbocycles. The summed E-state index contributed by atoms with van der Waals surface area (Å²) < 4.78 is 10.4. The van der Waals surface area contributed by atoms with Gasteiger partial charge in [-0.05, 0) is 48.5 Å². The molecule has 1 aliphatic rings. The summed E-state index contributed by atoms with van der Waals surface area (Å²) in [5.41, 5.74) is 0. The maximum atomic E-state index is 5.21. The van der Waals surface area contributed by atoms with E-state index in [-0.39, 0.29) is 6.33 Å². The molecular formula is C14H15O2P2S3+. The average Bonchev–Trinajstić information content (AvgIpc) is 2.52. The van der Waals surface area contributed by atoms with Crippen molar-refractivity contribution in [3.05, 3.63) is 48.5 Å². The van der Waals surface area contributed by atoms with Crippen molar-refractivity contribution in [1.82, 2.24) is 0 Å². The number of thiol groups is 1. The molecule has 2 aromatic carbocycles. The molecule has 7 heteroatoms. The molecule has 0 saturated carbocycles. The van der Waals surface area contributed by atoms with Crippen LogP contribution in [0.25, 0.3) is 0 Å². The smallest absolute Gasteiger partial charge is 0.231 e. The van der Waals surface area contributed by atoms with Gasteiger partial charge in [-0.3, -0.25) is 0 Å². The molecule has 3 rings (SSSR count). The van der Waals surface area contributed by atoms with Gasteiger partial charge >= 0.3 is 0 Å². The molecular weight excluding hydrogens is 358 g/mol. The van der Waals surface area contributed by atoms with Crippen LogP contribution in [-0.2, 0) is 0 Å². The number of methoxy groups -OCH3 is 2. The van der Waals surface area contributed by atoms with E-state index in [2.05, 4.69) is 24.3 Å². The molecule has 1 heterocycles. The normalized spacial score (nSPS) is 24.2. The summed E-state index contributed by atoms with van der Waals surface area (Å²) in [6.45, 7) is 0. The van der Waals surface area contributed by atoms with Gasteiger partial charge in [0.25, 0.3) is 0 Å². The highest BCUT2D eigenvalue weighted by Gasteiger charge is 2.57. The Labute approximate surface area is 139 Å². The molecule has 2 aromatic rings. The van der Waals surface area contributed by atoms with Crippen LogP contribution in [0.1, 0.15) is 0 Å². The summed E-state index contributed by atoms with van der Waals surface area (Å²) >= 11 is 9.02. The highest BCUT2D eigenvalue weighted by molar-refractivity contribution is 9.50. The molecule has 0 unspecified atom stereocenters. The fourth-order valence-electron chi connectivity index (χ4n) is 1.87. The summed E-state index contributed by atoms with van der Waals surface area (Å²) in [5.74, 6) is 1.80. The highest BCUT2D eigenvalue weighted by Crippen LogP contribution is 3.07. The van der Waals surface area contributed by atoms with Crippen molar-refractivity contribution in [2.24, 2.45) is 0 Å². The zero-order valence-corrected chi connectivity index (χ0v) is 15.9. The first-order valence-corrected chi connectivity index (χ1v) is 14.6. The summed E-state index contributed by atoms with van der Waals surface area (Å²) in [4.78, 5) is -1.40. The van der Waals surface area contributed by atoms with E-state index in [0.717, 1.165) is 11.5 Å². The van der Waals surface area contributed by atoms with E-state index in [4.69, 9.17) is 21.7 Å². The molecule has 21 heavy (non-hydrogen) atoms. The van der Waals surface area contributed by atoms with Crippen LogP contribution >= 0.6 is 45.4 Å². The second kappa shape index (κ2) is 6.60. The van der Waals surface area contributed by atoms with Gasteiger partial charge in [0.2, 0.25) is 4.87 Å². The number of ether oxygens (including phenoxy) is 2. The summed E-state index contributed by atoms with van der Waals surface area (Å²) in [7, 11) is 3.39. The monoisotopic (exact) mass is 373 g/mol. The van der Waals surface area contributed by atoms with Crippen molar-refractivity contribution < 1.29 is 9.47 Å². The van der Waals surface area contributed by atoms with E-state index in [1.165, 1.54) is 10.6 Å². The standard InChI is InChI=1S/C14H15O2P2S3/c1-15-11-3-7-13(8-4-11)17-20-18(19,21-17)14-9-5-12(16-2)6-10-14/h3-10,19H,1-2H3/q+1. The SMILES string of the molecule is COc1ccc(P2S[P+](S)(c3ccc(OC)cc3)S2)cc1. The quantitative estimate of drug-likeness (QED) is 0.591. The molecule has 1 saturated heterocycles. The van der Waals surface area contributed by atoms with E-state index in [0.29, 0.717) is 0 Å². The zero-order valence-electron chi connectivity index (χ0n) is 11.6. The van der Waals surface area contributed by atoms with Crippen molar-refractivity contribution in [1.29, 1.82) is 0 Å². The minimum Gasteiger partial charge on any atom is -0.497 e. The first-order chi connectivity index (χ1) is 10.1. The average molecular weight is 373 g/mol. The van der Waals surface area contributed by atoms with Gasteiger partial charge in [-0.1, -0.05) is 0 Å².